The summed E-state index contributed by atoms with van der Waals surface area (Å²) in [6.45, 7) is 4.17. The first-order chi connectivity index (χ1) is 10.2. The Balaban J connectivity index is 2.24. The molecule has 2 aromatic rings. The summed E-state index contributed by atoms with van der Waals surface area (Å²) in [6.07, 6.45) is 6.80. The van der Waals surface area contributed by atoms with Crippen LogP contribution in [0, 0.1) is 6.92 Å². The van der Waals surface area contributed by atoms with Crippen LogP contribution in [0.25, 0.3) is 11.0 Å². The lowest BCUT2D eigenvalue weighted by Crippen LogP contribution is -2.14. The van der Waals surface area contributed by atoms with Crippen LogP contribution in [0.15, 0.2) is 16.9 Å². The minimum atomic E-state index is 0.0376. The normalized spacial score (nSPS) is 11.0. The number of hydrogen-bond acceptors (Lipinski definition) is 3. The topological polar surface area (TPSA) is 55.0 Å². The molecule has 114 valence electrons. The summed E-state index contributed by atoms with van der Waals surface area (Å²) in [7, 11) is 1.56. The van der Waals surface area contributed by atoms with Crippen molar-refractivity contribution in [1.29, 1.82) is 0 Å². The Morgan fingerprint density at radius 2 is 1.95 bits per heavy atom. The van der Waals surface area contributed by atoms with Crippen LogP contribution in [0.5, 0.6) is 5.88 Å². The maximum atomic E-state index is 12.6. The molecule has 0 amide bonds. The van der Waals surface area contributed by atoms with Gasteiger partial charge in [0.1, 0.15) is 5.52 Å². The average molecular weight is 288 g/mol. The molecule has 2 aromatic heterocycles. The highest BCUT2D eigenvalue weighted by Gasteiger charge is 2.11. The van der Waals surface area contributed by atoms with Crippen LogP contribution in [-0.2, 0) is 6.42 Å². The lowest BCUT2D eigenvalue weighted by Gasteiger charge is -2.08. The fraction of sp³-hybridized carbons (Fsp3) is 0.529. The first kappa shape index (κ1) is 15.5. The minimum Gasteiger partial charge on any atom is -0.481 e. The Bertz CT molecular complexity index is 662. The number of rotatable bonds is 7. The van der Waals surface area contributed by atoms with Gasteiger partial charge in [0.25, 0.3) is 0 Å². The van der Waals surface area contributed by atoms with E-state index in [1.54, 1.807) is 13.2 Å². The van der Waals surface area contributed by atoms with Crippen molar-refractivity contribution >= 4 is 11.0 Å². The summed E-state index contributed by atoms with van der Waals surface area (Å²) in [4.78, 5) is 20.2. The van der Waals surface area contributed by atoms with Crippen molar-refractivity contribution in [3.8, 4) is 5.88 Å². The highest BCUT2D eigenvalue weighted by Crippen LogP contribution is 2.15. The van der Waals surface area contributed by atoms with Crippen LogP contribution < -0.4 is 10.2 Å². The molecule has 0 bridgehead atoms. The molecule has 1 N–H and O–H groups in total. The van der Waals surface area contributed by atoms with Crippen LogP contribution >= 0.6 is 0 Å². The third kappa shape index (κ3) is 3.63. The van der Waals surface area contributed by atoms with Crippen LogP contribution in [0.1, 0.15) is 50.3 Å². The zero-order chi connectivity index (χ0) is 15.2. The van der Waals surface area contributed by atoms with Crippen molar-refractivity contribution in [2.75, 3.05) is 7.11 Å². The number of nitrogens with zero attached hydrogens (tertiary/aromatic N) is 1. The molecule has 0 spiro atoms. The lowest BCUT2D eigenvalue weighted by molar-refractivity contribution is 0.399. The van der Waals surface area contributed by atoms with Gasteiger partial charge in [-0.1, -0.05) is 32.6 Å². The Labute approximate surface area is 125 Å². The van der Waals surface area contributed by atoms with Crippen LogP contribution in [-0.4, -0.2) is 17.1 Å². The minimum absolute atomic E-state index is 0.0376. The molecule has 0 saturated heterocycles. The lowest BCUT2D eigenvalue weighted by atomic mass is 10.0. The fourth-order valence-electron chi connectivity index (χ4n) is 2.63. The maximum absolute atomic E-state index is 12.6. The number of aromatic amines is 1. The van der Waals surface area contributed by atoms with E-state index in [1.807, 2.05) is 13.0 Å². The van der Waals surface area contributed by atoms with E-state index >= 15 is 0 Å². The predicted octanol–water partition coefficient (Wildman–Crippen LogP) is 3.75. The van der Waals surface area contributed by atoms with E-state index < -0.39 is 0 Å². The van der Waals surface area contributed by atoms with Gasteiger partial charge in [-0.05, 0) is 25.8 Å². The molecule has 21 heavy (non-hydrogen) atoms. The Morgan fingerprint density at radius 3 is 2.67 bits per heavy atom. The molecule has 2 rings (SSSR count). The molecule has 2 heterocycles. The van der Waals surface area contributed by atoms with E-state index in [4.69, 9.17) is 4.74 Å². The number of pyridine rings is 2. The van der Waals surface area contributed by atoms with Crippen molar-refractivity contribution in [3.63, 3.8) is 0 Å². The molecule has 4 nitrogen and oxygen atoms in total. The zero-order valence-corrected chi connectivity index (χ0v) is 13.2. The zero-order valence-electron chi connectivity index (χ0n) is 13.2. The quantitative estimate of drug-likeness (QED) is 0.789. The first-order valence-corrected chi connectivity index (χ1v) is 7.74. The van der Waals surface area contributed by atoms with E-state index in [0.717, 1.165) is 29.6 Å². The third-order valence-corrected chi connectivity index (χ3v) is 3.87. The van der Waals surface area contributed by atoms with E-state index in [1.165, 1.54) is 25.7 Å². The molecule has 0 aliphatic carbocycles. The molecular formula is C17H24N2O2. The molecule has 0 unspecified atom stereocenters. The SMILES string of the molecule is CCCCCCCc1c(C)[nH]c2ccc(OC)nc2c1=O. The van der Waals surface area contributed by atoms with Gasteiger partial charge in [-0.15, -0.1) is 0 Å². The standard InChI is InChI=1S/C17H24N2O2/c1-4-5-6-7-8-9-13-12(2)18-14-10-11-15(21-3)19-16(14)17(13)20/h10-11H,4-9H2,1-3H3,(H,18,20). The summed E-state index contributed by atoms with van der Waals surface area (Å²) in [6, 6.07) is 3.61. The number of nitrogens with one attached hydrogen (secondary N) is 1. The summed E-state index contributed by atoms with van der Waals surface area (Å²) in [5.41, 5.74) is 3.10. The van der Waals surface area contributed by atoms with Crippen LogP contribution in [0.3, 0.4) is 0 Å². The molecule has 0 aliphatic rings. The number of fused-ring (bicyclic) bond motifs is 1. The number of H-pyrrole nitrogens is 1. The Kier molecular flexibility index (Phi) is 5.37. The molecule has 0 radical (unpaired) electrons. The molecule has 4 heteroatoms. The van der Waals surface area contributed by atoms with E-state index in [0.29, 0.717) is 11.4 Å². The Hall–Kier alpha value is -1.84. The van der Waals surface area contributed by atoms with E-state index in [9.17, 15) is 4.79 Å². The fourth-order valence-corrected chi connectivity index (χ4v) is 2.63. The molecule has 0 saturated carbocycles. The van der Waals surface area contributed by atoms with Gasteiger partial charge in [0.05, 0.1) is 12.6 Å². The van der Waals surface area contributed by atoms with Crippen LogP contribution in [0.2, 0.25) is 0 Å². The van der Waals surface area contributed by atoms with Gasteiger partial charge >= 0.3 is 0 Å². The summed E-state index contributed by atoms with van der Waals surface area (Å²) in [5, 5.41) is 0. The number of hydrogen-bond donors (Lipinski definition) is 1. The van der Waals surface area contributed by atoms with Crippen molar-refractivity contribution in [3.05, 3.63) is 33.6 Å². The summed E-state index contributed by atoms with van der Waals surface area (Å²) >= 11 is 0. The number of unbranched alkanes of at least 4 members (excludes halogenated alkanes) is 4. The van der Waals surface area contributed by atoms with Gasteiger partial charge in [-0.3, -0.25) is 4.79 Å². The second-order valence-electron chi connectivity index (χ2n) is 5.47. The van der Waals surface area contributed by atoms with Gasteiger partial charge in [0.15, 0.2) is 0 Å². The molecule has 0 atom stereocenters. The highest BCUT2D eigenvalue weighted by molar-refractivity contribution is 5.75. The van der Waals surface area contributed by atoms with Gasteiger partial charge in [-0.25, -0.2) is 4.98 Å². The highest BCUT2D eigenvalue weighted by atomic mass is 16.5. The predicted molar refractivity (Wildman–Crippen MR) is 86.1 cm³/mol. The largest absolute Gasteiger partial charge is 0.481 e. The summed E-state index contributed by atoms with van der Waals surface area (Å²) < 4.78 is 5.11. The van der Waals surface area contributed by atoms with Gasteiger partial charge in [-0.2, -0.15) is 0 Å². The number of aromatic nitrogens is 2. The van der Waals surface area contributed by atoms with Crippen LogP contribution in [0.4, 0.5) is 0 Å². The number of ether oxygens (including phenoxy) is 1. The molecule has 0 aromatic carbocycles. The molecular weight excluding hydrogens is 264 g/mol. The van der Waals surface area contributed by atoms with Gasteiger partial charge in [0.2, 0.25) is 11.3 Å². The third-order valence-electron chi connectivity index (χ3n) is 3.87. The number of methoxy groups -OCH3 is 1. The van der Waals surface area contributed by atoms with Crippen molar-refractivity contribution in [2.24, 2.45) is 0 Å². The number of aryl methyl sites for hydroxylation is 1. The van der Waals surface area contributed by atoms with Crippen molar-refractivity contribution in [1.82, 2.24) is 9.97 Å². The first-order valence-electron chi connectivity index (χ1n) is 7.74. The summed E-state index contributed by atoms with van der Waals surface area (Å²) in [5.74, 6) is 0.478. The Morgan fingerprint density at radius 1 is 1.19 bits per heavy atom. The average Bonchev–Trinajstić information content (AvgIpc) is 2.49. The smallest absolute Gasteiger partial charge is 0.213 e. The van der Waals surface area contributed by atoms with Crippen molar-refractivity contribution < 1.29 is 4.74 Å². The molecule has 0 fully saturated rings. The molecule has 0 aliphatic heterocycles. The van der Waals surface area contributed by atoms with Gasteiger partial charge < -0.3 is 9.72 Å². The second-order valence-corrected chi connectivity index (χ2v) is 5.47. The second kappa shape index (κ2) is 7.25. The van der Waals surface area contributed by atoms with E-state index in [-0.39, 0.29) is 5.43 Å². The van der Waals surface area contributed by atoms with Crippen molar-refractivity contribution in [2.45, 2.75) is 52.4 Å². The van der Waals surface area contributed by atoms with Gasteiger partial charge in [0, 0.05) is 17.3 Å². The van der Waals surface area contributed by atoms with E-state index in [2.05, 4.69) is 16.9 Å². The monoisotopic (exact) mass is 288 g/mol. The maximum Gasteiger partial charge on any atom is 0.213 e.